The van der Waals surface area contributed by atoms with Crippen LogP contribution in [0.25, 0.3) is 0 Å². The third-order valence-corrected chi connectivity index (χ3v) is 4.59. The van der Waals surface area contributed by atoms with Crippen LogP contribution in [-0.4, -0.2) is 9.13 Å². The zero-order chi connectivity index (χ0) is 15.6. The molecule has 0 aliphatic heterocycles. The number of benzene rings is 2. The van der Waals surface area contributed by atoms with Crippen molar-refractivity contribution in [2.24, 2.45) is 0 Å². The molecule has 8 heteroatoms. The molecule has 0 aromatic heterocycles. The van der Waals surface area contributed by atoms with E-state index in [4.69, 9.17) is 17.3 Å². The quantitative estimate of drug-likeness (QED) is 0.530. The molecular weight excluding hydrogens is 319 g/mol. The number of hydrogen-bond donors (Lipinski definition) is 1. The second-order valence-electron chi connectivity index (χ2n) is 4.19. The van der Waals surface area contributed by atoms with Gasteiger partial charge in [-0.3, -0.25) is 14.3 Å². The second kappa shape index (κ2) is 6.19. The topological polar surface area (TPSA) is 86.2 Å². The number of nitro groups is 1. The summed E-state index contributed by atoms with van der Waals surface area (Å²) in [5.74, 6) is -1.20. The fourth-order valence-electron chi connectivity index (χ4n) is 1.74. The van der Waals surface area contributed by atoms with Gasteiger partial charge in [0.2, 0.25) is 5.82 Å². The van der Waals surface area contributed by atoms with Crippen LogP contribution in [0.2, 0.25) is 5.02 Å². The molecule has 2 rings (SSSR count). The van der Waals surface area contributed by atoms with E-state index >= 15 is 0 Å². The van der Waals surface area contributed by atoms with Gasteiger partial charge in [-0.15, -0.1) is 0 Å². The highest BCUT2D eigenvalue weighted by atomic mass is 35.5. The van der Waals surface area contributed by atoms with Crippen molar-refractivity contribution in [2.75, 3.05) is 5.73 Å². The van der Waals surface area contributed by atoms with Crippen LogP contribution in [0.1, 0.15) is 5.56 Å². The van der Waals surface area contributed by atoms with Crippen LogP contribution in [-0.2, 0) is 16.6 Å². The average Bonchev–Trinajstić information content (AvgIpc) is 2.40. The minimum Gasteiger partial charge on any atom is -0.399 e. The molecule has 0 heterocycles. The van der Waals surface area contributed by atoms with Gasteiger partial charge in [-0.05, 0) is 18.2 Å². The molecule has 1 atom stereocenters. The van der Waals surface area contributed by atoms with E-state index in [0.29, 0.717) is 10.6 Å². The predicted octanol–water partition coefficient (Wildman–Crippen LogP) is 3.28. The van der Waals surface area contributed by atoms with Crippen molar-refractivity contribution in [3.63, 3.8) is 0 Å². The molecule has 110 valence electrons. The Labute approximate surface area is 127 Å². The largest absolute Gasteiger partial charge is 0.399 e. The van der Waals surface area contributed by atoms with Crippen LogP contribution in [0, 0.1) is 15.9 Å². The Bertz CT molecular complexity index is 739. The summed E-state index contributed by atoms with van der Waals surface area (Å²) in [6.45, 7) is 0. The van der Waals surface area contributed by atoms with Crippen LogP contribution in [0.3, 0.4) is 0 Å². The number of nitro benzene ring substituents is 1. The van der Waals surface area contributed by atoms with Crippen molar-refractivity contribution in [1.29, 1.82) is 0 Å². The molecule has 1 unspecified atom stereocenters. The van der Waals surface area contributed by atoms with Crippen molar-refractivity contribution >= 4 is 33.8 Å². The number of nitrogens with two attached hydrogens (primary N) is 1. The lowest BCUT2D eigenvalue weighted by Crippen LogP contribution is -2.02. The fraction of sp³-hybridized carbons (Fsp3) is 0.0769. The number of nitrogen functional groups attached to an aromatic ring is 1. The Kier molecular flexibility index (Phi) is 4.54. The van der Waals surface area contributed by atoms with Crippen molar-refractivity contribution < 1.29 is 13.5 Å². The molecular formula is C13H10ClFN2O3S. The number of anilines is 1. The van der Waals surface area contributed by atoms with Gasteiger partial charge in [0, 0.05) is 17.3 Å². The Balaban J connectivity index is 2.32. The molecule has 0 bridgehead atoms. The molecule has 0 radical (unpaired) electrons. The first-order valence-corrected chi connectivity index (χ1v) is 7.45. The van der Waals surface area contributed by atoms with Gasteiger partial charge in [0.05, 0.1) is 31.4 Å². The van der Waals surface area contributed by atoms with Crippen LogP contribution in [0.15, 0.2) is 41.3 Å². The standard InChI is InChI=1S/C13H10ClFN2O3S/c14-10-6-9(16)4-5-12(10)21(20)7-8-2-1-3-11(13(8)15)17(18)19/h1-6H,7,16H2. The van der Waals surface area contributed by atoms with Gasteiger partial charge in [-0.2, -0.15) is 4.39 Å². The van der Waals surface area contributed by atoms with E-state index < -0.39 is 27.2 Å². The van der Waals surface area contributed by atoms with E-state index in [1.54, 1.807) is 0 Å². The van der Waals surface area contributed by atoms with Crippen molar-refractivity contribution in [3.05, 3.63) is 62.9 Å². The van der Waals surface area contributed by atoms with Gasteiger partial charge in [-0.1, -0.05) is 23.7 Å². The molecule has 0 saturated carbocycles. The third-order valence-electron chi connectivity index (χ3n) is 2.74. The first-order valence-electron chi connectivity index (χ1n) is 5.75. The lowest BCUT2D eigenvalue weighted by atomic mass is 10.2. The van der Waals surface area contributed by atoms with Crippen LogP contribution in [0.5, 0.6) is 0 Å². The van der Waals surface area contributed by atoms with Crippen molar-refractivity contribution in [2.45, 2.75) is 10.6 Å². The summed E-state index contributed by atoms with van der Waals surface area (Å²) >= 11 is 5.94. The normalized spacial score (nSPS) is 12.1. The van der Waals surface area contributed by atoms with E-state index in [1.807, 2.05) is 0 Å². The summed E-state index contributed by atoms with van der Waals surface area (Å²) in [5, 5.41) is 10.9. The van der Waals surface area contributed by atoms with E-state index in [0.717, 1.165) is 6.07 Å². The van der Waals surface area contributed by atoms with E-state index in [1.165, 1.54) is 30.3 Å². The van der Waals surface area contributed by atoms with Gasteiger partial charge >= 0.3 is 5.69 Å². The first-order chi connectivity index (χ1) is 9.90. The molecule has 0 aliphatic rings. The predicted molar refractivity (Wildman–Crippen MR) is 79.0 cm³/mol. The van der Waals surface area contributed by atoms with Crippen molar-refractivity contribution in [3.8, 4) is 0 Å². The molecule has 0 aliphatic carbocycles. The van der Waals surface area contributed by atoms with Gasteiger partial charge in [0.15, 0.2) is 0 Å². The monoisotopic (exact) mass is 328 g/mol. The third kappa shape index (κ3) is 3.37. The molecule has 0 fully saturated rings. The summed E-state index contributed by atoms with van der Waals surface area (Å²) in [4.78, 5) is 10.2. The van der Waals surface area contributed by atoms with Gasteiger partial charge in [-0.25, -0.2) is 0 Å². The molecule has 2 aromatic carbocycles. The highest BCUT2D eigenvalue weighted by molar-refractivity contribution is 7.84. The minimum atomic E-state index is -1.64. The number of rotatable bonds is 4. The second-order valence-corrected chi connectivity index (χ2v) is 6.01. The molecule has 2 aromatic rings. The van der Waals surface area contributed by atoms with Gasteiger partial charge in [0.1, 0.15) is 0 Å². The Morgan fingerprint density at radius 3 is 2.67 bits per heavy atom. The maximum atomic E-state index is 13.9. The van der Waals surface area contributed by atoms with Gasteiger partial charge in [0.25, 0.3) is 0 Å². The summed E-state index contributed by atoms with van der Waals surface area (Å²) in [7, 11) is -1.64. The van der Waals surface area contributed by atoms with E-state index in [-0.39, 0.29) is 16.3 Å². The Morgan fingerprint density at radius 1 is 1.33 bits per heavy atom. The summed E-state index contributed by atoms with van der Waals surface area (Å²) in [6.07, 6.45) is 0. The van der Waals surface area contributed by atoms with E-state index in [2.05, 4.69) is 0 Å². The van der Waals surface area contributed by atoms with E-state index in [9.17, 15) is 18.7 Å². The van der Waals surface area contributed by atoms with Gasteiger partial charge < -0.3 is 5.73 Å². The van der Waals surface area contributed by atoms with Crippen molar-refractivity contribution in [1.82, 2.24) is 0 Å². The van der Waals surface area contributed by atoms with Crippen LogP contribution in [0.4, 0.5) is 15.8 Å². The lowest BCUT2D eigenvalue weighted by molar-refractivity contribution is -0.387. The number of hydrogen-bond acceptors (Lipinski definition) is 4. The molecule has 0 spiro atoms. The molecule has 2 N–H and O–H groups in total. The number of halogens is 2. The Hall–Kier alpha value is -1.99. The summed E-state index contributed by atoms with van der Waals surface area (Å²) in [5.41, 5.74) is 5.31. The zero-order valence-electron chi connectivity index (χ0n) is 10.6. The minimum absolute atomic E-state index is 0.00424. The smallest absolute Gasteiger partial charge is 0.305 e. The number of nitrogens with zero attached hydrogens (tertiary/aromatic N) is 1. The molecule has 21 heavy (non-hydrogen) atoms. The fourth-order valence-corrected chi connectivity index (χ4v) is 3.34. The lowest BCUT2D eigenvalue weighted by Gasteiger charge is -2.07. The average molecular weight is 329 g/mol. The zero-order valence-corrected chi connectivity index (χ0v) is 12.2. The van der Waals surface area contributed by atoms with Crippen LogP contribution < -0.4 is 5.73 Å². The van der Waals surface area contributed by atoms with Crippen LogP contribution >= 0.6 is 11.6 Å². The molecule has 0 amide bonds. The summed E-state index contributed by atoms with van der Waals surface area (Å²) < 4.78 is 26.2. The SMILES string of the molecule is Nc1ccc(S(=O)Cc2cccc([N+](=O)[O-])c2F)c(Cl)c1. The highest BCUT2D eigenvalue weighted by Gasteiger charge is 2.19. The Morgan fingerprint density at radius 2 is 2.05 bits per heavy atom. The first kappa shape index (κ1) is 15.4. The summed E-state index contributed by atoms with van der Waals surface area (Å²) in [6, 6.07) is 8.21. The maximum absolute atomic E-state index is 13.9. The maximum Gasteiger partial charge on any atom is 0.305 e. The molecule has 5 nitrogen and oxygen atoms in total. The molecule has 0 saturated heterocycles. The highest BCUT2D eigenvalue weighted by Crippen LogP contribution is 2.26.